The van der Waals surface area contributed by atoms with Crippen LogP contribution in [-0.2, 0) is 4.79 Å². The van der Waals surface area contributed by atoms with Crippen molar-refractivity contribution in [2.75, 3.05) is 19.5 Å². The molecule has 0 bridgehead atoms. The highest BCUT2D eigenvalue weighted by atomic mass is 16.5. The minimum Gasteiger partial charge on any atom is -0.493 e. The molecular weight excluding hydrogens is 516 g/mol. The molecule has 7 heteroatoms. The van der Waals surface area contributed by atoms with Crippen LogP contribution >= 0.6 is 0 Å². The molecule has 0 aliphatic carbocycles. The summed E-state index contributed by atoms with van der Waals surface area (Å²) in [5.41, 5.74) is 4.05. The lowest BCUT2D eigenvalue weighted by Gasteiger charge is -2.13. The zero-order chi connectivity index (χ0) is 29.2. The Morgan fingerprint density at radius 2 is 1.37 bits per heavy atom. The van der Waals surface area contributed by atoms with Crippen LogP contribution in [0.15, 0.2) is 109 Å². The number of nitrogens with one attached hydrogen (secondary N) is 2. The van der Waals surface area contributed by atoms with Crippen LogP contribution in [-0.4, -0.2) is 31.8 Å². The molecule has 4 aromatic carbocycles. The van der Waals surface area contributed by atoms with Gasteiger partial charge in [0.1, 0.15) is 5.70 Å². The van der Waals surface area contributed by atoms with E-state index in [-0.39, 0.29) is 11.5 Å². The lowest BCUT2D eigenvalue weighted by atomic mass is 10.1. The van der Waals surface area contributed by atoms with Crippen molar-refractivity contribution in [2.24, 2.45) is 0 Å². The number of carbonyl (C=O) groups excluding carboxylic acids is 3. The molecule has 0 spiro atoms. The fourth-order valence-electron chi connectivity index (χ4n) is 3.91. The zero-order valence-corrected chi connectivity index (χ0v) is 23.0. The van der Waals surface area contributed by atoms with Crippen molar-refractivity contribution in [3.63, 3.8) is 0 Å². The fraction of sp³-hybridized carbons (Fsp3) is 0.0882. The summed E-state index contributed by atoms with van der Waals surface area (Å²) < 4.78 is 10.7. The molecule has 0 aromatic heterocycles. The number of rotatable bonds is 10. The van der Waals surface area contributed by atoms with E-state index in [0.717, 1.165) is 11.1 Å². The van der Waals surface area contributed by atoms with Gasteiger partial charge in [0, 0.05) is 16.8 Å². The van der Waals surface area contributed by atoms with Crippen LogP contribution < -0.4 is 20.1 Å². The normalized spacial score (nSPS) is 11.1. The van der Waals surface area contributed by atoms with Gasteiger partial charge in [-0.1, -0.05) is 60.2 Å². The first kappa shape index (κ1) is 28.6. The highest BCUT2D eigenvalue weighted by molar-refractivity contribution is 6.11. The van der Waals surface area contributed by atoms with Crippen molar-refractivity contribution < 1.29 is 23.9 Å². The van der Waals surface area contributed by atoms with Crippen LogP contribution in [0.25, 0.3) is 12.2 Å². The van der Waals surface area contributed by atoms with Crippen molar-refractivity contribution in [3.8, 4) is 11.5 Å². The zero-order valence-electron chi connectivity index (χ0n) is 23.0. The van der Waals surface area contributed by atoms with Gasteiger partial charge in [0.05, 0.1) is 14.2 Å². The lowest BCUT2D eigenvalue weighted by molar-refractivity contribution is -0.113. The Labute approximate surface area is 239 Å². The molecule has 206 valence electrons. The average molecular weight is 547 g/mol. The standard InChI is InChI=1S/C34H30N2O5/c1-23-9-11-24(12-10-23)13-19-30(37)26-15-17-28(18-16-26)35-34(39)29(36-33(38)27-7-5-4-6-8-27)21-25-14-20-31(40-2)32(22-25)41-3/h4-22H,1-3H3,(H,35,39)(H,36,38)/b19-13+,29-21-. The smallest absolute Gasteiger partial charge is 0.272 e. The van der Waals surface area contributed by atoms with Gasteiger partial charge in [-0.25, -0.2) is 0 Å². The number of methoxy groups -OCH3 is 2. The van der Waals surface area contributed by atoms with Crippen molar-refractivity contribution in [3.05, 3.63) is 137 Å². The average Bonchev–Trinajstić information content (AvgIpc) is 3.00. The van der Waals surface area contributed by atoms with E-state index in [1.807, 2.05) is 31.2 Å². The summed E-state index contributed by atoms with van der Waals surface area (Å²) in [4.78, 5) is 38.9. The van der Waals surface area contributed by atoms with Crippen LogP contribution in [0.4, 0.5) is 5.69 Å². The van der Waals surface area contributed by atoms with Crippen molar-refractivity contribution in [1.82, 2.24) is 5.32 Å². The highest BCUT2D eigenvalue weighted by Crippen LogP contribution is 2.28. The molecule has 0 saturated carbocycles. The summed E-state index contributed by atoms with van der Waals surface area (Å²) in [6.45, 7) is 2.01. The first-order valence-corrected chi connectivity index (χ1v) is 12.9. The molecule has 0 saturated heterocycles. The minimum atomic E-state index is -0.539. The quantitative estimate of drug-likeness (QED) is 0.179. The van der Waals surface area contributed by atoms with Crippen LogP contribution in [0.2, 0.25) is 0 Å². The number of amides is 2. The molecule has 0 unspecified atom stereocenters. The molecule has 7 nitrogen and oxygen atoms in total. The third kappa shape index (κ3) is 7.80. The predicted octanol–water partition coefficient (Wildman–Crippen LogP) is 6.32. The lowest BCUT2D eigenvalue weighted by Crippen LogP contribution is -2.30. The fourth-order valence-corrected chi connectivity index (χ4v) is 3.91. The predicted molar refractivity (Wildman–Crippen MR) is 161 cm³/mol. The molecule has 4 rings (SSSR count). The minimum absolute atomic E-state index is 0.0206. The maximum atomic E-state index is 13.3. The Balaban J connectivity index is 1.53. The largest absolute Gasteiger partial charge is 0.493 e. The van der Waals surface area contributed by atoms with Gasteiger partial charge in [0.25, 0.3) is 11.8 Å². The molecule has 0 aliphatic rings. The molecule has 4 aromatic rings. The van der Waals surface area contributed by atoms with E-state index in [0.29, 0.717) is 33.9 Å². The van der Waals surface area contributed by atoms with Gasteiger partial charge in [-0.2, -0.15) is 0 Å². The van der Waals surface area contributed by atoms with Gasteiger partial charge in [0.15, 0.2) is 17.3 Å². The topological polar surface area (TPSA) is 93.7 Å². The molecule has 0 heterocycles. The van der Waals surface area contributed by atoms with Crippen molar-refractivity contribution in [2.45, 2.75) is 6.92 Å². The number of hydrogen-bond donors (Lipinski definition) is 2. The number of allylic oxidation sites excluding steroid dienone is 1. The Morgan fingerprint density at radius 3 is 2.02 bits per heavy atom. The summed E-state index contributed by atoms with van der Waals surface area (Å²) in [6.07, 6.45) is 4.82. The van der Waals surface area contributed by atoms with Gasteiger partial charge in [-0.15, -0.1) is 0 Å². The van der Waals surface area contributed by atoms with E-state index < -0.39 is 11.8 Å². The number of aryl methyl sites for hydroxylation is 1. The Bertz CT molecular complexity index is 1590. The SMILES string of the molecule is COc1ccc(/C=C(\NC(=O)c2ccccc2)C(=O)Nc2ccc(C(=O)/C=C/c3ccc(C)cc3)cc2)cc1OC. The summed E-state index contributed by atoms with van der Waals surface area (Å²) in [5, 5.41) is 5.50. The van der Waals surface area contributed by atoms with Gasteiger partial charge in [0.2, 0.25) is 0 Å². The molecule has 0 radical (unpaired) electrons. The van der Waals surface area contributed by atoms with Gasteiger partial charge in [-0.05, 0) is 78.7 Å². The number of hydrogen-bond acceptors (Lipinski definition) is 5. The number of carbonyl (C=O) groups is 3. The second kappa shape index (κ2) is 13.6. The Kier molecular flexibility index (Phi) is 9.46. The monoisotopic (exact) mass is 546 g/mol. The first-order valence-electron chi connectivity index (χ1n) is 12.9. The van der Waals surface area contributed by atoms with Crippen LogP contribution in [0, 0.1) is 6.92 Å². The van der Waals surface area contributed by atoms with Gasteiger partial charge < -0.3 is 20.1 Å². The Morgan fingerprint density at radius 1 is 0.707 bits per heavy atom. The molecule has 2 amide bonds. The second-order valence-electron chi connectivity index (χ2n) is 9.13. The van der Waals surface area contributed by atoms with Gasteiger partial charge in [-0.3, -0.25) is 14.4 Å². The summed E-state index contributed by atoms with van der Waals surface area (Å²) in [5.74, 6) is -0.122. The molecule has 2 N–H and O–H groups in total. The highest BCUT2D eigenvalue weighted by Gasteiger charge is 2.16. The molecule has 0 aliphatic heterocycles. The van der Waals surface area contributed by atoms with Crippen LogP contribution in [0.3, 0.4) is 0 Å². The molecular formula is C34H30N2O5. The number of ether oxygens (including phenoxy) is 2. The van der Waals surface area contributed by atoms with Crippen LogP contribution in [0.1, 0.15) is 37.4 Å². The van der Waals surface area contributed by atoms with Crippen molar-refractivity contribution in [1.29, 1.82) is 0 Å². The molecule has 41 heavy (non-hydrogen) atoms. The van der Waals surface area contributed by atoms with Crippen molar-refractivity contribution >= 4 is 35.4 Å². The molecule has 0 atom stereocenters. The summed E-state index contributed by atoms with van der Waals surface area (Å²) >= 11 is 0. The maximum absolute atomic E-state index is 13.3. The number of anilines is 1. The Hall–Kier alpha value is -5.43. The molecule has 0 fully saturated rings. The summed E-state index contributed by atoms with van der Waals surface area (Å²) in [6, 6.07) is 28.2. The summed E-state index contributed by atoms with van der Waals surface area (Å²) in [7, 11) is 3.05. The van der Waals surface area contributed by atoms with Crippen LogP contribution in [0.5, 0.6) is 11.5 Å². The first-order chi connectivity index (χ1) is 19.9. The maximum Gasteiger partial charge on any atom is 0.272 e. The van der Waals surface area contributed by atoms with E-state index in [1.54, 1.807) is 84.9 Å². The number of ketones is 1. The van der Waals surface area contributed by atoms with E-state index in [9.17, 15) is 14.4 Å². The third-order valence-corrected chi connectivity index (χ3v) is 6.18. The number of benzene rings is 4. The van der Waals surface area contributed by atoms with E-state index in [1.165, 1.54) is 20.3 Å². The third-order valence-electron chi connectivity index (χ3n) is 6.18. The van der Waals surface area contributed by atoms with E-state index in [2.05, 4.69) is 10.6 Å². The van der Waals surface area contributed by atoms with E-state index in [4.69, 9.17) is 9.47 Å². The second-order valence-corrected chi connectivity index (χ2v) is 9.13. The van der Waals surface area contributed by atoms with Gasteiger partial charge >= 0.3 is 0 Å². The van der Waals surface area contributed by atoms with E-state index >= 15 is 0 Å².